The van der Waals surface area contributed by atoms with E-state index in [4.69, 9.17) is 9.47 Å². The fraction of sp³-hybridized carbons (Fsp3) is 0.600. The van der Waals surface area contributed by atoms with Gasteiger partial charge in [0.25, 0.3) is 0 Å². The van der Waals surface area contributed by atoms with E-state index in [9.17, 15) is 30.0 Å². The summed E-state index contributed by atoms with van der Waals surface area (Å²) in [5.74, 6) is 0.178. The van der Waals surface area contributed by atoms with Crippen LogP contribution in [0, 0.1) is 0 Å². The van der Waals surface area contributed by atoms with E-state index in [1.807, 2.05) is 19.2 Å². The lowest BCUT2D eigenvalue weighted by Gasteiger charge is -2.62. The first-order valence-corrected chi connectivity index (χ1v) is 16.5. The van der Waals surface area contributed by atoms with E-state index in [1.54, 1.807) is 0 Å². The average Bonchev–Trinajstić information content (AvgIpc) is 3.55. The molecule has 2 spiro atoms. The highest BCUT2D eigenvalue weighted by Crippen LogP contribution is 2.67. The second kappa shape index (κ2) is 9.00. The zero-order chi connectivity index (χ0) is 31.2. The number of Topliss-reactive ketones (excluding diaryl/α,β-unsaturated/α-hetero) is 2. The molecule has 4 heterocycles. The molecule has 7 aliphatic rings. The van der Waals surface area contributed by atoms with Crippen molar-refractivity contribution in [2.45, 2.75) is 98.5 Å². The number of ketones is 2. The standard InChI is InChI=1S/C35H40N2O8/c1-36-9-7-33-16-19(36)12-17-13-20(27(41)29(25(17)33)44-31(33)22(39)4-3-11-38)21-14-18-15-24-35(43)6-5-23(40)32-34(35,8-10-37(24)2)26(18)30(45-32)28(21)42/h13-14,19,24,31-32,38,41-43H,3-12,15-16H2,1-2H3/t19-,24-,31+,32+,33+,34+,35-/m1/s1. The van der Waals surface area contributed by atoms with Gasteiger partial charge in [-0.3, -0.25) is 9.59 Å². The number of phenols is 2. The highest BCUT2D eigenvalue weighted by Gasteiger charge is 2.73. The van der Waals surface area contributed by atoms with Gasteiger partial charge < -0.3 is 39.7 Å². The third-order valence-electron chi connectivity index (χ3n) is 13.0. The third kappa shape index (κ3) is 3.19. The minimum absolute atomic E-state index is 0.0518. The Balaban J connectivity index is 1.23. The van der Waals surface area contributed by atoms with Crippen LogP contribution in [0.5, 0.6) is 23.0 Å². The zero-order valence-electron chi connectivity index (χ0n) is 25.8. The molecule has 3 aliphatic carbocycles. The number of ether oxygens (including phenoxy) is 2. The summed E-state index contributed by atoms with van der Waals surface area (Å²) in [6.07, 6.45) is 2.85. The summed E-state index contributed by atoms with van der Waals surface area (Å²) < 4.78 is 12.9. The Morgan fingerprint density at radius 1 is 0.956 bits per heavy atom. The molecule has 7 atom stereocenters. The van der Waals surface area contributed by atoms with Crippen LogP contribution in [-0.2, 0) is 33.3 Å². The molecule has 10 nitrogen and oxygen atoms in total. The molecule has 0 radical (unpaired) electrons. The Morgan fingerprint density at radius 2 is 1.64 bits per heavy atom. The third-order valence-corrected chi connectivity index (χ3v) is 13.0. The second-order valence-electron chi connectivity index (χ2n) is 14.8. The van der Waals surface area contributed by atoms with Crippen LogP contribution in [0.15, 0.2) is 12.1 Å². The van der Waals surface area contributed by atoms with Gasteiger partial charge in [0.1, 0.15) is 0 Å². The molecule has 4 bridgehead atoms. The molecule has 2 aromatic carbocycles. The van der Waals surface area contributed by atoms with E-state index < -0.39 is 28.6 Å². The van der Waals surface area contributed by atoms with Crippen LogP contribution in [0.25, 0.3) is 11.1 Å². The number of aliphatic hydroxyl groups is 2. The monoisotopic (exact) mass is 616 g/mol. The molecule has 45 heavy (non-hydrogen) atoms. The molecule has 0 aromatic heterocycles. The fourth-order valence-electron chi connectivity index (χ4n) is 10.8. The topological polar surface area (TPSA) is 140 Å². The molecule has 1 saturated carbocycles. The number of fused-ring (bicyclic) bond motifs is 1. The molecule has 0 unspecified atom stereocenters. The molecule has 10 heteroatoms. The number of carbonyl (C=O) groups excluding carboxylic acids is 2. The van der Waals surface area contributed by atoms with Crippen LogP contribution in [0.1, 0.15) is 67.2 Å². The number of likely N-dealkylation sites (N-methyl/N-ethyl adjacent to an activating group) is 2. The van der Waals surface area contributed by atoms with Crippen molar-refractivity contribution in [3.63, 3.8) is 0 Å². The van der Waals surface area contributed by atoms with Crippen molar-refractivity contribution in [1.29, 1.82) is 0 Å². The van der Waals surface area contributed by atoms with Crippen LogP contribution in [-0.4, -0.2) is 105 Å². The molecular weight excluding hydrogens is 576 g/mol. The summed E-state index contributed by atoms with van der Waals surface area (Å²) in [4.78, 5) is 31.4. The van der Waals surface area contributed by atoms with Crippen LogP contribution >= 0.6 is 0 Å². The van der Waals surface area contributed by atoms with E-state index in [2.05, 4.69) is 16.8 Å². The van der Waals surface area contributed by atoms with Gasteiger partial charge in [0.15, 0.2) is 46.8 Å². The van der Waals surface area contributed by atoms with Crippen LogP contribution in [0.4, 0.5) is 0 Å². The molecule has 0 amide bonds. The molecule has 238 valence electrons. The highest BCUT2D eigenvalue weighted by atomic mass is 16.5. The first-order valence-electron chi connectivity index (χ1n) is 16.5. The lowest BCUT2D eigenvalue weighted by Crippen LogP contribution is -2.76. The van der Waals surface area contributed by atoms with Gasteiger partial charge in [-0.15, -0.1) is 0 Å². The van der Waals surface area contributed by atoms with Gasteiger partial charge in [-0.25, -0.2) is 0 Å². The van der Waals surface area contributed by atoms with Crippen LogP contribution < -0.4 is 9.47 Å². The maximum atomic E-state index is 13.5. The number of rotatable bonds is 5. The summed E-state index contributed by atoms with van der Waals surface area (Å²) in [6.45, 7) is 1.45. The maximum absolute atomic E-state index is 13.5. The first kappa shape index (κ1) is 28.1. The molecule has 4 N–H and O–H groups in total. The predicted molar refractivity (Wildman–Crippen MR) is 162 cm³/mol. The maximum Gasteiger partial charge on any atom is 0.174 e. The highest BCUT2D eigenvalue weighted by molar-refractivity contribution is 5.93. The van der Waals surface area contributed by atoms with Gasteiger partial charge >= 0.3 is 0 Å². The van der Waals surface area contributed by atoms with Gasteiger partial charge in [-0.05, 0) is 95.4 Å². The molecular formula is C35H40N2O8. The normalized spacial score (nSPS) is 37.1. The first-order chi connectivity index (χ1) is 21.6. The van der Waals surface area contributed by atoms with E-state index in [1.165, 1.54) is 0 Å². The SMILES string of the molecule is CN1CC[C@]23C[C@H]1Cc1cc(-c4cc5c6c(c4O)O[C@H]4C(=O)CC[C@@]7(O)[C@@H](C5)N(C)CC[C@]647)c(O)c(c12)O[C@H]3C(=O)CCCO. The Labute approximate surface area is 261 Å². The molecule has 2 saturated heterocycles. The van der Waals surface area contributed by atoms with Crippen molar-refractivity contribution in [1.82, 2.24) is 9.80 Å². The summed E-state index contributed by atoms with van der Waals surface area (Å²) in [6, 6.07) is 3.85. The number of benzene rings is 2. The Hall–Kier alpha value is -3.18. The van der Waals surface area contributed by atoms with Crippen molar-refractivity contribution < 1.29 is 39.5 Å². The number of phenolic OH excluding ortho intramolecular Hbond substituents is 2. The van der Waals surface area contributed by atoms with E-state index in [0.29, 0.717) is 49.1 Å². The summed E-state index contributed by atoms with van der Waals surface area (Å²) in [7, 11) is 4.12. The number of carbonyl (C=O) groups is 2. The number of nitrogens with zero attached hydrogens (tertiary/aromatic N) is 2. The van der Waals surface area contributed by atoms with E-state index in [-0.39, 0.29) is 60.3 Å². The van der Waals surface area contributed by atoms with Crippen molar-refractivity contribution in [2.75, 3.05) is 33.8 Å². The van der Waals surface area contributed by atoms with Gasteiger partial charge in [0, 0.05) is 59.2 Å². The van der Waals surface area contributed by atoms with Gasteiger partial charge in [-0.1, -0.05) is 0 Å². The van der Waals surface area contributed by atoms with Crippen LogP contribution in [0.3, 0.4) is 0 Å². The van der Waals surface area contributed by atoms with E-state index >= 15 is 0 Å². The lowest BCUT2D eigenvalue weighted by atomic mass is 9.49. The minimum Gasteiger partial charge on any atom is -0.504 e. The van der Waals surface area contributed by atoms with Gasteiger partial charge in [0.2, 0.25) is 0 Å². The van der Waals surface area contributed by atoms with Gasteiger partial charge in [-0.2, -0.15) is 0 Å². The smallest absolute Gasteiger partial charge is 0.174 e. The van der Waals surface area contributed by atoms with Crippen LogP contribution in [0.2, 0.25) is 0 Å². The number of aliphatic hydroxyl groups excluding tert-OH is 1. The number of aromatic hydroxyl groups is 2. The van der Waals surface area contributed by atoms with Gasteiger partial charge in [0.05, 0.1) is 11.0 Å². The zero-order valence-corrected chi connectivity index (χ0v) is 25.8. The Bertz CT molecular complexity index is 1710. The van der Waals surface area contributed by atoms with Crippen molar-refractivity contribution in [2.24, 2.45) is 0 Å². The number of hydrogen-bond donors (Lipinski definition) is 4. The fourth-order valence-corrected chi connectivity index (χ4v) is 10.8. The van der Waals surface area contributed by atoms with Crippen molar-refractivity contribution in [3.05, 3.63) is 34.4 Å². The molecule has 9 rings (SSSR count). The second-order valence-corrected chi connectivity index (χ2v) is 14.8. The Kier molecular flexibility index (Phi) is 5.61. The summed E-state index contributed by atoms with van der Waals surface area (Å²) in [5, 5.41) is 45.6. The average molecular weight is 617 g/mol. The number of piperidine rings is 2. The minimum atomic E-state index is -1.14. The van der Waals surface area contributed by atoms with Crippen molar-refractivity contribution in [3.8, 4) is 34.1 Å². The molecule has 4 aliphatic heterocycles. The number of hydrogen-bond acceptors (Lipinski definition) is 10. The number of likely N-dealkylation sites (tertiary alicyclic amines) is 2. The quantitative estimate of drug-likeness (QED) is 0.395. The lowest BCUT2D eigenvalue weighted by molar-refractivity contribution is -0.185. The predicted octanol–water partition coefficient (Wildman–Crippen LogP) is 2.11. The Morgan fingerprint density at radius 3 is 2.38 bits per heavy atom. The summed E-state index contributed by atoms with van der Waals surface area (Å²) >= 11 is 0. The molecule has 3 fully saturated rings. The molecule has 2 aromatic rings. The van der Waals surface area contributed by atoms with E-state index in [0.717, 1.165) is 48.1 Å². The largest absolute Gasteiger partial charge is 0.504 e. The van der Waals surface area contributed by atoms with Crippen molar-refractivity contribution >= 4 is 11.6 Å². The summed E-state index contributed by atoms with van der Waals surface area (Å²) in [5.41, 5.74) is 1.77.